The molecule has 0 saturated heterocycles. The predicted octanol–water partition coefficient (Wildman–Crippen LogP) is 5.56. The lowest BCUT2D eigenvalue weighted by Gasteiger charge is -2.08. The topological polar surface area (TPSA) is 71.1 Å². The van der Waals surface area contributed by atoms with Crippen LogP contribution in [-0.2, 0) is 11.3 Å². The van der Waals surface area contributed by atoms with Crippen molar-refractivity contribution in [3.63, 3.8) is 0 Å². The lowest BCUT2D eigenvalue weighted by Crippen LogP contribution is -2.22. The van der Waals surface area contributed by atoms with Gasteiger partial charge < -0.3 is 10.6 Å². The average Bonchev–Trinajstić information content (AvgIpc) is 3.65. The molecule has 5 nitrogen and oxygen atoms in total. The van der Waals surface area contributed by atoms with Crippen LogP contribution in [0.25, 0.3) is 10.8 Å². The number of amides is 2. The maximum Gasteiger partial charge on any atom is 0.251 e. The Bertz CT molecular complexity index is 1320. The number of fused-ring (bicyclic) bond motifs is 1. The van der Waals surface area contributed by atoms with E-state index in [1.807, 2.05) is 72.8 Å². The first-order valence-electron chi connectivity index (χ1n) is 10.8. The van der Waals surface area contributed by atoms with Crippen molar-refractivity contribution in [2.24, 2.45) is 5.92 Å². The number of aromatic nitrogens is 1. The summed E-state index contributed by atoms with van der Waals surface area (Å²) in [5.41, 5.74) is 3.35. The smallest absolute Gasteiger partial charge is 0.251 e. The molecule has 0 unspecified atom stereocenters. The van der Waals surface area contributed by atoms with E-state index in [2.05, 4.69) is 15.6 Å². The van der Waals surface area contributed by atoms with Gasteiger partial charge >= 0.3 is 0 Å². The first-order chi connectivity index (χ1) is 16.1. The Morgan fingerprint density at radius 3 is 2.64 bits per heavy atom. The third kappa shape index (κ3) is 4.73. The van der Waals surface area contributed by atoms with E-state index < -0.39 is 0 Å². The van der Waals surface area contributed by atoms with Gasteiger partial charge in [0.25, 0.3) is 5.91 Å². The average molecular weight is 456 g/mol. The number of benzene rings is 3. The van der Waals surface area contributed by atoms with Gasteiger partial charge in [-0.05, 0) is 65.3 Å². The molecule has 164 valence electrons. The minimum absolute atomic E-state index is 0.00435. The molecule has 1 aliphatic rings. The maximum absolute atomic E-state index is 12.8. The first kappa shape index (κ1) is 21.2. The molecule has 0 bridgehead atoms. The number of hydrogen-bond donors (Lipinski definition) is 2. The minimum atomic E-state index is -0.134. The van der Waals surface area contributed by atoms with Gasteiger partial charge in [0.2, 0.25) is 5.91 Å². The summed E-state index contributed by atoms with van der Waals surface area (Å²) in [5, 5.41) is 8.54. The van der Waals surface area contributed by atoms with Crippen LogP contribution >= 0.6 is 11.6 Å². The summed E-state index contributed by atoms with van der Waals surface area (Å²) in [4.78, 5) is 29.2. The zero-order valence-corrected chi connectivity index (χ0v) is 18.5. The standard InChI is InChI=1S/C27H22ClN3O2/c28-25-5-1-4-18-10-11-21(13-23(18)25)31-27(33)24-14-22(24)19-6-8-20(9-7-19)26(32)30-16-17-3-2-12-29-15-17/h1-13,15,22,24H,14,16H2,(H,30,32)(H,31,33)/t22-,24+/m0/s1. The van der Waals surface area contributed by atoms with Crippen LogP contribution < -0.4 is 10.6 Å². The Labute approximate surface area is 196 Å². The second kappa shape index (κ2) is 9.04. The van der Waals surface area contributed by atoms with Gasteiger partial charge in [-0.1, -0.05) is 48.0 Å². The van der Waals surface area contributed by atoms with Crippen molar-refractivity contribution in [3.8, 4) is 0 Å². The van der Waals surface area contributed by atoms with Crippen molar-refractivity contribution >= 4 is 39.9 Å². The van der Waals surface area contributed by atoms with Gasteiger partial charge in [0.1, 0.15) is 0 Å². The van der Waals surface area contributed by atoms with E-state index in [4.69, 9.17) is 11.6 Å². The van der Waals surface area contributed by atoms with E-state index in [-0.39, 0.29) is 23.7 Å². The van der Waals surface area contributed by atoms with Crippen LogP contribution in [0, 0.1) is 5.92 Å². The van der Waals surface area contributed by atoms with Crippen LogP contribution in [0.5, 0.6) is 0 Å². The summed E-state index contributed by atoms with van der Waals surface area (Å²) in [5.74, 6) is -0.0334. The van der Waals surface area contributed by atoms with Gasteiger partial charge in [-0.2, -0.15) is 0 Å². The van der Waals surface area contributed by atoms with Crippen molar-refractivity contribution in [3.05, 3.63) is 107 Å². The van der Waals surface area contributed by atoms with Gasteiger partial charge in [-0.25, -0.2) is 0 Å². The third-order valence-electron chi connectivity index (χ3n) is 6.00. The highest BCUT2D eigenvalue weighted by Gasteiger charge is 2.43. The quantitative estimate of drug-likeness (QED) is 0.400. The number of nitrogens with one attached hydrogen (secondary N) is 2. The van der Waals surface area contributed by atoms with Crippen LogP contribution in [0.1, 0.15) is 33.8 Å². The molecule has 2 atom stereocenters. The van der Waals surface area contributed by atoms with E-state index in [9.17, 15) is 9.59 Å². The number of nitrogens with zero attached hydrogens (tertiary/aromatic N) is 1. The molecule has 5 rings (SSSR count). The van der Waals surface area contributed by atoms with Crippen molar-refractivity contribution in [2.75, 3.05) is 5.32 Å². The van der Waals surface area contributed by atoms with E-state index in [1.165, 1.54) is 0 Å². The molecule has 2 N–H and O–H groups in total. The monoisotopic (exact) mass is 455 g/mol. The van der Waals surface area contributed by atoms with E-state index in [0.29, 0.717) is 17.1 Å². The Morgan fingerprint density at radius 1 is 1.00 bits per heavy atom. The number of anilines is 1. The Kier molecular flexibility index (Phi) is 5.80. The molecular weight excluding hydrogens is 434 g/mol. The maximum atomic E-state index is 12.8. The Morgan fingerprint density at radius 2 is 1.85 bits per heavy atom. The van der Waals surface area contributed by atoms with E-state index >= 15 is 0 Å². The van der Waals surface area contributed by atoms with Gasteiger partial charge in [0.05, 0.1) is 0 Å². The largest absolute Gasteiger partial charge is 0.348 e. The van der Waals surface area contributed by atoms with Gasteiger partial charge in [0, 0.05) is 46.5 Å². The summed E-state index contributed by atoms with van der Waals surface area (Å²) in [6.07, 6.45) is 4.23. The van der Waals surface area contributed by atoms with Crippen LogP contribution in [0.2, 0.25) is 5.02 Å². The molecule has 1 aliphatic carbocycles. The highest BCUT2D eigenvalue weighted by atomic mass is 35.5. The third-order valence-corrected chi connectivity index (χ3v) is 6.33. The number of pyridine rings is 1. The van der Waals surface area contributed by atoms with Crippen molar-refractivity contribution < 1.29 is 9.59 Å². The van der Waals surface area contributed by atoms with Crippen molar-refractivity contribution in [2.45, 2.75) is 18.9 Å². The lowest BCUT2D eigenvalue weighted by atomic mass is 10.1. The molecule has 1 saturated carbocycles. The fourth-order valence-corrected chi connectivity index (χ4v) is 4.31. The number of rotatable bonds is 6. The molecule has 0 radical (unpaired) electrons. The second-order valence-corrected chi connectivity index (χ2v) is 8.69. The summed E-state index contributed by atoms with van der Waals surface area (Å²) in [6, 6.07) is 22.8. The molecule has 1 aromatic heterocycles. The predicted molar refractivity (Wildman–Crippen MR) is 130 cm³/mol. The SMILES string of the molecule is O=C(NCc1cccnc1)c1ccc([C@@H]2C[C@H]2C(=O)Nc2ccc3cccc(Cl)c3c2)cc1. The fraction of sp³-hybridized carbons (Fsp3) is 0.148. The summed E-state index contributed by atoms with van der Waals surface area (Å²) in [6.45, 7) is 0.430. The lowest BCUT2D eigenvalue weighted by molar-refractivity contribution is -0.117. The zero-order chi connectivity index (χ0) is 22.8. The normalized spacial score (nSPS) is 16.9. The van der Waals surface area contributed by atoms with Gasteiger partial charge in [-0.3, -0.25) is 14.6 Å². The molecular formula is C27H22ClN3O2. The van der Waals surface area contributed by atoms with Crippen LogP contribution in [0.3, 0.4) is 0 Å². The fourth-order valence-electron chi connectivity index (χ4n) is 4.07. The number of carbonyl (C=O) groups is 2. The van der Waals surface area contributed by atoms with Crippen molar-refractivity contribution in [1.29, 1.82) is 0 Å². The number of hydrogen-bond acceptors (Lipinski definition) is 3. The summed E-state index contributed by atoms with van der Waals surface area (Å²) in [7, 11) is 0. The first-order valence-corrected chi connectivity index (χ1v) is 11.2. The van der Waals surface area contributed by atoms with Gasteiger partial charge in [0.15, 0.2) is 0 Å². The highest BCUT2D eigenvalue weighted by Crippen LogP contribution is 2.48. The number of carbonyl (C=O) groups excluding carboxylic acids is 2. The summed E-state index contributed by atoms with van der Waals surface area (Å²) >= 11 is 6.29. The Hall–Kier alpha value is -3.70. The van der Waals surface area contributed by atoms with Crippen LogP contribution in [0.4, 0.5) is 5.69 Å². The van der Waals surface area contributed by atoms with Crippen LogP contribution in [0.15, 0.2) is 85.2 Å². The number of halogens is 1. The van der Waals surface area contributed by atoms with Gasteiger partial charge in [-0.15, -0.1) is 0 Å². The summed E-state index contributed by atoms with van der Waals surface area (Å²) < 4.78 is 0. The molecule has 4 aromatic rings. The molecule has 0 spiro atoms. The molecule has 0 aliphatic heterocycles. The molecule has 1 heterocycles. The van der Waals surface area contributed by atoms with Crippen LogP contribution in [-0.4, -0.2) is 16.8 Å². The van der Waals surface area contributed by atoms with Crippen molar-refractivity contribution in [1.82, 2.24) is 10.3 Å². The van der Waals surface area contributed by atoms with E-state index in [0.717, 1.165) is 34.0 Å². The second-order valence-electron chi connectivity index (χ2n) is 8.28. The molecule has 1 fully saturated rings. The molecule has 6 heteroatoms. The molecule has 2 amide bonds. The Balaban J connectivity index is 1.18. The molecule has 3 aromatic carbocycles. The minimum Gasteiger partial charge on any atom is -0.348 e. The molecule has 33 heavy (non-hydrogen) atoms. The van der Waals surface area contributed by atoms with E-state index in [1.54, 1.807) is 12.4 Å². The highest BCUT2D eigenvalue weighted by molar-refractivity contribution is 6.35. The zero-order valence-electron chi connectivity index (χ0n) is 17.8.